The van der Waals surface area contributed by atoms with Crippen LogP contribution >= 0.6 is 0 Å². The zero-order chi connectivity index (χ0) is 9.97. The predicted octanol–water partition coefficient (Wildman–Crippen LogP) is 1.49. The first kappa shape index (κ1) is 8.86. The Bertz CT molecular complexity index is 512. The fraction of sp³-hybridized carbons (Fsp3) is 0.167. The maximum atomic E-state index is 5.32. The molecule has 2 heteroatoms. The Hall–Kier alpha value is -1.72. The number of nitrogens with zero attached hydrogens (tertiary/aromatic N) is 1. The van der Waals surface area contributed by atoms with Gasteiger partial charge in [0.25, 0.3) is 0 Å². The fourth-order valence-corrected chi connectivity index (χ4v) is 1.51. The third-order valence-electron chi connectivity index (χ3n) is 2.22. The maximum absolute atomic E-state index is 5.32. The molecule has 2 nitrogen and oxygen atoms in total. The summed E-state index contributed by atoms with van der Waals surface area (Å²) in [6.45, 7) is 0.410. The van der Waals surface area contributed by atoms with Gasteiger partial charge in [-0.15, -0.1) is 0 Å². The second kappa shape index (κ2) is 3.57. The molecule has 0 aliphatic rings. The van der Waals surface area contributed by atoms with Crippen molar-refractivity contribution < 1.29 is 0 Å². The van der Waals surface area contributed by atoms with E-state index < -0.39 is 0 Å². The quantitative estimate of drug-likeness (QED) is 0.618. The third-order valence-corrected chi connectivity index (χ3v) is 2.22. The van der Waals surface area contributed by atoms with Gasteiger partial charge in [0.2, 0.25) is 0 Å². The van der Waals surface area contributed by atoms with Crippen molar-refractivity contribution in [2.45, 2.75) is 0 Å². The summed E-state index contributed by atoms with van der Waals surface area (Å²) in [4.78, 5) is 0. The van der Waals surface area contributed by atoms with Crippen LogP contribution < -0.4 is 5.73 Å². The minimum Gasteiger partial charge on any atom is -0.351 e. The van der Waals surface area contributed by atoms with Gasteiger partial charge in [-0.05, 0) is 24.3 Å². The monoisotopic (exact) mass is 184 g/mol. The van der Waals surface area contributed by atoms with E-state index in [2.05, 4.69) is 34.6 Å². The molecule has 0 atom stereocenters. The van der Waals surface area contributed by atoms with E-state index in [1.807, 2.05) is 19.3 Å². The zero-order valence-electron chi connectivity index (χ0n) is 8.12. The summed E-state index contributed by atoms with van der Waals surface area (Å²) >= 11 is 0. The van der Waals surface area contributed by atoms with Gasteiger partial charge in [0.1, 0.15) is 0 Å². The van der Waals surface area contributed by atoms with Crippen molar-refractivity contribution in [2.24, 2.45) is 12.8 Å². The van der Waals surface area contributed by atoms with Crippen molar-refractivity contribution in [3.63, 3.8) is 0 Å². The average molecular weight is 184 g/mol. The average Bonchev–Trinajstić information content (AvgIpc) is 2.57. The molecule has 0 saturated carbocycles. The molecule has 70 valence electrons. The largest absolute Gasteiger partial charge is 0.351 e. The molecule has 0 amide bonds. The second-order valence-corrected chi connectivity index (χ2v) is 3.21. The number of aryl methyl sites for hydroxylation is 1. The summed E-state index contributed by atoms with van der Waals surface area (Å²) < 4.78 is 2.09. The molecule has 0 fully saturated rings. The number of rotatable bonds is 0. The van der Waals surface area contributed by atoms with Gasteiger partial charge in [-0.2, -0.15) is 0 Å². The van der Waals surface area contributed by atoms with E-state index in [1.165, 1.54) is 10.9 Å². The van der Waals surface area contributed by atoms with E-state index in [0.717, 1.165) is 5.56 Å². The summed E-state index contributed by atoms with van der Waals surface area (Å²) in [6, 6.07) is 8.27. The van der Waals surface area contributed by atoms with Crippen LogP contribution in [0.5, 0.6) is 0 Å². The number of hydrogen-bond donors (Lipinski definition) is 1. The van der Waals surface area contributed by atoms with Crippen molar-refractivity contribution in [3.8, 4) is 11.8 Å². The van der Waals surface area contributed by atoms with Gasteiger partial charge in [0, 0.05) is 29.7 Å². The summed E-state index contributed by atoms with van der Waals surface area (Å²) in [5.41, 5.74) is 7.56. The zero-order valence-corrected chi connectivity index (χ0v) is 8.12. The highest BCUT2D eigenvalue weighted by atomic mass is 14.9. The lowest BCUT2D eigenvalue weighted by molar-refractivity contribution is 0.969. The normalized spacial score (nSPS) is 9.86. The number of fused-ring (bicyclic) bond motifs is 1. The lowest BCUT2D eigenvalue weighted by Gasteiger charge is -1.95. The molecule has 0 bridgehead atoms. The van der Waals surface area contributed by atoms with Crippen LogP contribution in [-0.2, 0) is 7.05 Å². The van der Waals surface area contributed by atoms with Crippen LogP contribution in [0.4, 0.5) is 0 Å². The van der Waals surface area contributed by atoms with E-state index in [4.69, 9.17) is 5.73 Å². The van der Waals surface area contributed by atoms with Crippen LogP contribution in [-0.4, -0.2) is 11.1 Å². The smallest absolute Gasteiger partial charge is 0.0555 e. The van der Waals surface area contributed by atoms with Gasteiger partial charge >= 0.3 is 0 Å². The molecule has 1 aromatic heterocycles. The highest BCUT2D eigenvalue weighted by molar-refractivity contribution is 5.81. The standard InChI is InChI=1S/C12H12N2/c1-14-8-6-11-9-10(3-2-7-13)4-5-12(11)14/h4-6,8-9H,7,13H2,1H3. The molecule has 0 aliphatic heterocycles. The minimum absolute atomic E-state index is 0.410. The minimum atomic E-state index is 0.410. The van der Waals surface area contributed by atoms with Crippen molar-refractivity contribution in [1.29, 1.82) is 0 Å². The van der Waals surface area contributed by atoms with Crippen LogP contribution in [0.25, 0.3) is 10.9 Å². The van der Waals surface area contributed by atoms with Gasteiger partial charge in [-0.3, -0.25) is 0 Å². The van der Waals surface area contributed by atoms with Gasteiger partial charge in [0.15, 0.2) is 0 Å². The fourth-order valence-electron chi connectivity index (χ4n) is 1.51. The van der Waals surface area contributed by atoms with E-state index in [1.54, 1.807) is 0 Å². The number of nitrogens with two attached hydrogens (primary N) is 1. The topological polar surface area (TPSA) is 30.9 Å². The van der Waals surface area contributed by atoms with Crippen molar-refractivity contribution >= 4 is 10.9 Å². The summed E-state index contributed by atoms with van der Waals surface area (Å²) in [6.07, 6.45) is 2.05. The van der Waals surface area contributed by atoms with Gasteiger partial charge < -0.3 is 10.3 Å². The Labute approximate surface area is 83.3 Å². The Balaban J connectivity index is 2.52. The number of hydrogen-bond acceptors (Lipinski definition) is 1. The summed E-state index contributed by atoms with van der Waals surface area (Å²) in [5, 5.41) is 1.22. The van der Waals surface area contributed by atoms with Crippen LogP contribution in [0.1, 0.15) is 5.56 Å². The van der Waals surface area contributed by atoms with Gasteiger partial charge in [-0.25, -0.2) is 0 Å². The van der Waals surface area contributed by atoms with E-state index >= 15 is 0 Å². The summed E-state index contributed by atoms with van der Waals surface area (Å²) in [5.74, 6) is 5.87. The molecule has 1 aromatic carbocycles. The number of aromatic nitrogens is 1. The number of benzene rings is 1. The van der Waals surface area contributed by atoms with Crippen LogP contribution in [0.2, 0.25) is 0 Å². The Morgan fingerprint density at radius 2 is 2.21 bits per heavy atom. The molecular formula is C12H12N2. The van der Waals surface area contributed by atoms with Crippen LogP contribution in [0, 0.1) is 11.8 Å². The molecule has 0 unspecified atom stereocenters. The molecule has 2 aromatic rings. The molecule has 14 heavy (non-hydrogen) atoms. The summed E-state index contributed by atoms with van der Waals surface area (Å²) in [7, 11) is 2.04. The Morgan fingerprint density at radius 1 is 1.36 bits per heavy atom. The Morgan fingerprint density at radius 3 is 3.00 bits per heavy atom. The van der Waals surface area contributed by atoms with Crippen LogP contribution in [0.15, 0.2) is 30.5 Å². The van der Waals surface area contributed by atoms with Crippen molar-refractivity contribution in [1.82, 2.24) is 4.57 Å². The van der Waals surface area contributed by atoms with E-state index in [-0.39, 0.29) is 0 Å². The first-order chi connectivity index (χ1) is 6.81. The maximum Gasteiger partial charge on any atom is 0.0555 e. The SMILES string of the molecule is Cn1ccc2cc(C#CCN)ccc21. The van der Waals surface area contributed by atoms with Gasteiger partial charge in [-0.1, -0.05) is 11.8 Å². The second-order valence-electron chi connectivity index (χ2n) is 3.21. The molecule has 2 N–H and O–H groups in total. The highest BCUT2D eigenvalue weighted by Crippen LogP contribution is 2.15. The molecule has 0 aliphatic carbocycles. The molecule has 0 spiro atoms. The lowest BCUT2D eigenvalue weighted by Crippen LogP contribution is -1.93. The Kier molecular flexibility index (Phi) is 2.26. The predicted molar refractivity (Wildman–Crippen MR) is 58.9 cm³/mol. The lowest BCUT2D eigenvalue weighted by atomic mass is 10.1. The molecule has 0 saturated heterocycles. The first-order valence-electron chi connectivity index (χ1n) is 4.55. The van der Waals surface area contributed by atoms with E-state index in [9.17, 15) is 0 Å². The highest BCUT2D eigenvalue weighted by Gasteiger charge is 1.96. The van der Waals surface area contributed by atoms with E-state index in [0.29, 0.717) is 6.54 Å². The molecule has 0 radical (unpaired) electrons. The third kappa shape index (κ3) is 1.50. The molecule has 2 rings (SSSR count). The van der Waals surface area contributed by atoms with Crippen molar-refractivity contribution in [2.75, 3.05) is 6.54 Å². The van der Waals surface area contributed by atoms with Crippen LogP contribution in [0.3, 0.4) is 0 Å². The first-order valence-corrected chi connectivity index (χ1v) is 4.55. The molecular weight excluding hydrogens is 172 g/mol. The van der Waals surface area contributed by atoms with Gasteiger partial charge in [0.05, 0.1) is 6.54 Å². The molecule has 1 heterocycles. The van der Waals surface area contributed by atoms with Crippen molar-refractivity contribution in [3.05, 3.63) is 36.0 Å².